The minimum Gasteiger partial charge on any atom is -0.490 e. The average Bonchev–Trinajstić information content (AvgIpc) is 2.88. The Morgan fingerprint density at radius 1 is 1.00 bits per heavy atom. The topological polar surface area (TPSA) is 71.3 Å². The lowest BCUT2D eigenvalue weighted by molar-refractivity contribution is -0.112. The van der Waals surface area contributed by atoms with Gasteiger partial charge in [-0.05, 0) is 116 Å². The molecule has 1 N–H and O–H groups in total. The molecule has 0 bridgehead atoms. The fourth-order valence-electron chi connectivity index (χ4n) is 3.69. The minimum absolute atomic E-state index is 0.00350. The number of amides is 1. The number of carbonyl (C=O) groups is 1. The molecule has 4 aromatic carbocycles. The van der Waals surface area contributed by atoms with Crippen molar-refractivity contribution < 1.29 is 14.3 Å². The first kappa shape index (κ1) is 26.0. The number of nitriles is 1. The number of nitrogens with one attached hydrogen (secondary N) is 1. The Labute approximate surface area is 237 Å². The predicted octanol–water partition coefficient (Wildman–Crippen LogP) is 7.57. The largest absolute Gasteiger partial charge is 0.490 e. The average molecular weight is 700 g/mol. The van der Waals surface area contributed by atoms with Crippen LogP contribution in [0.2, 0.25) is 0 Å². The van der Waals surface area contributed by atoms with Crippen LogP contribution in [0.1, 0.15) is 18.1 Å². The Balaban J connectivity index is 1.59. The van der Waals surface area contributed by atoms with Crippen LogP contribution in [0.4, 0.5) is 5.69 Å². The maximum absolute atomic E-state index is 12.7. The van der Waals surface area contributed by atoms with Crippen molar-refractivity contribution in [3.05, 3.63) is 103 Å². The molecule has 36 heavy (non-hydrogen) atoms. The highest BCUT2D eigenvalue weighted by atomic mass is 127. The van der Waals surface area contributed by atoms with E-state index in [1.54, 1.807) is 24.3 Å². The van der Waals surface area contributed by atoms with E-state index in [0.29, 0.717) is 36.0 Å². The van der Waals surface area contributed by atoms with E-state index < -0.39 is 5.91 Å². The predicted molar refractivity (Wildman–Crippen MR) is 160 cm³/mol. The van der Waals surface area contributed by atoms with Gasteiger partial charge in [-0.15, -0.1) is 0 Å². The molecule has 5 nitrogen and oxygen atoms in total. The van der Waals surface area contributed by atoms with Gasteiger partial charge in [-0.2, -0.15) is 5.26 Å². The number of ether oxygens (including phenoxy) is 2. The SMILES string of the molecule is CCOc1cc(/C=C(/C#N)C(=O)Nc2ccc(I)cc2)cc(I)c1OCc1cccc2ccccc12. The highest BCUT2D eigenvalue weighted by Crippen LogP contribution is 2.36. The number of rotatable bonds is 8. The third-order valence-electron chi connectivity index (χ3n) is 5.36. The Kier molecular flexibility index (Phi) is 8.83. The summed E-state index contributed by atoms with van der Waals surface area (Å²) in [5.41, 5.74) is 2.38. The van der Waals surface area contributed by atoms with Gasteiger partial charge in [0.25, 0.3) is 5.91 Å². The van der Waals surface area contributed by atoms with Crippen molar-refractivity contribution in [2.75, 3.05) is 11.9 Å². The van der Waals surface area contributed by atoms with Crippen molar-refractivity contribution in [2.24, 2.45) is 0 Å². The molecule has 0 saturated heterocycles. The molecule has 0 aliphatic heterocycles. The van der Waals surface area contributed by atoms with Crippen molar-refractivity contribution in [1.29, 1.82) is 5.26 Å². The van der Waals surface area contributed by atoms with E-state index >= 15 is 0 Å². The van der Waals surface area contributed by atoms with Crippen molar-refractivity contribution in [2.45, 2.75) is 13.5 Å². The third kappa shape index (κ3) is 6.36. The first-order valence-corrected chi connectivity index (χ1v) is 13.4. The quantitative estimate of drug-likeness (QED) is 0.117. The van der Waals surface area contributed by atoms with Crippen LogP contribution in [0, 0.1) is 18.5 Å². The lowest BCUT2D eigenvalue weighted by Crippen LogP contribution is -2.13. The zero-order valence-corrected chi connectivity index (χ0v) is 23.7. The number of fused-ring (bicyclic) bond motifs is 1. The number of benzene rings is 4. The maximum atomic E-state index is 12.7. The van der Waals surface area contributed by atoms with Crippen LogP contribution in [0.3, 0.4) is 0 Å². The van der Waals surface area contributed by atoms with E-state index in [9.17, 15) is 10.1 Å². The molecular formula is C29H22I2N2O3. The molecule has 0 aliphatic rings. The van der Waals surface area contributed by atoms with Gasteiger partial charge in [0.15, 0.2) is 11.5 Å². The van der Waals surface area contributed by atoms with Crippen LogP contribution >= 0.6 is 45.2 Å². The van der Waals surface area contributed by atoms with E-state index in [0.717, 1.165) is 23.5 Å². The fourth-order valence-corrected chi connectivity index (χ4v) is 4.83. The Morgan fingerprint density at radius 3 is 2.50 bits per heavy atom. The summed E-state index contributed by atoms with van der Waals surface area (Å²) in [6.45, 7) is 2.74. The summed E-state index contributed by atoms with van der Waals surface area (Å²) in [5, 5.41) is 14.7. The number of halogens is 2. The molecule has 4 aromatic rings. The standard InChI is InChI=1S/C29H22I2N2O3/c1-2-35-27-16-19(14-22(17-32)29(34)33-24-12-10-23(30)11-13-24)15-26(31)28(27)36-18-21-8-5-7-20-6-3-4-9-25(20)21/h3-16H,2,18H2,1H3,(H,33,34)/b22-14-. The number of hydrogen-bond acceptors (Lipinski definition) is 4. The van der Waals surface area contributed by atoms with Gasteiger partial charge in [-0.1, -0.05) is 42.5 Å². The first-order valence-electron chi connectivity index (χ1n) is 11.2. The molecule has 7 heteroatoms. The summed E-state index contributed by atoms with van der Waals surface area (Å²) in [7, 11) is 0. The summed E-state index contributed by atoms with van der Waals surface area (Å²) in [5.74, 6) is 0.721. The Morgan fingerprint density at radius 2 is 1.75 bits per heavy atom. The zero-order chi connectivity index (χ0) is 25.5. The van der Waals surface area contributed by atoms with Crippen molar-refractivity contribution in [3.63, 3.8) is 0 Å². The molecule has 0 saturated carbocycles. The van der Waals surface area contributed by atoms with Gasteiger partial charge in [0.1, 0.15) is 18.2 Å². The highest BCUT2D eigenvalue weighted by Gasteiger charge is 2.15. The molecule has 0 aliphatic carbocycles. The smallest absolute Gasteiger partial charge is 0.266 e. The highest BCUT2D eigenvalue weighted by molar-refractivity contribution is 14.1. The van der Waals surface area contributed by atoms with E-state index in [4.69, 9.17) is 9.47 Å². The second-order valence-corrected chi connectivity index (χ2v) is 10.2. The monoisotopic (exact) mass is 700 g/mol. The van der Waals surface area contributed by atoms with Crippen molar-refractivity contribution >= 4 is 73.6 Å². The maximum Gasteiger partial charge on any atom is 0.266 e. The molecule has 1 amide bonds. The normalized spacial score (nSPS) is 11.1. The number of carbonyl (C=O) groups excluding carboxylic acids is 1. The lowest BCUT2D eigenvalue weighted by Gasteiger charge is -2.16. The summed E-state index contributed by atoms with van der Waals surface area (Å²) < 4.78 is 14.0. The van der Waals surface area contributed by atoms with Crippen LogP contribution in [0.25, 0.3) is 16.8 Å². The van der Waals surface area contributed by atoms with Gasteiger partial charge in [0.05, 0.1) is 10.2 Å². The summed E-state index contributed by atoms with van der Waals surface area (Å²) in [6.07, 6.45) is 1.56. The fraction of sp³-hybridized carbons (Fsp3) is 0.103. The number of anilines is 1. The second kappa shape index (κ2) is 12.2. The molecule has 0 heterocycles. The Hall–Kier alpha value is -3.10. The van der Waals surface area contributed by atoms with Crippen LogP contribution in [0.15, 0.2) is 84.4 Å². The molecule has 0 spiro atoms. The van der Waals surface area contributed by atoms with Gasteiger partial charge >= 0.3 is 0 Å². The van der Waals surface area contributed by atoms with Gasteiger partial charge in [0, 0.05) is 9.26 Å². The molecule has 4 rings (SSSR count). The van der Waals surface area contributed by atoms with Crippen LogP contribution in [-0.2, 0) is 11.4 Å². The molecule has 0 fully saturated rings. The number of hydrogen-bond donors (Lipinski definition) is 1. The van der Waals surface area contributed by atoms with Gasteiger partial charge in [-0.3, -0.25) is 4.79 Å². The third-order valence-corrected chi connectivity index (χ3v) is 6.88. The zero-order valence-electron chi connectivity index (χ0n) is 19.4. The molecule has 0 unspecified atom stereocenters. The van der Waals surface area contributed by atoms with Gasteiger partial charge < -0.3 is 14.8 Å². The van der Waals surface area contributed by atoms with E-state index in [1.165, 1.54) is 0 Å². The molecule has 0 atom stereocenters. The minimum atomic E-state index is -0.469. The molecule has 180 valence electrons. The first-order chi connectivity index (χ1) is 17.5. The Bertz CT molecular complexity index is 1470. The summed E-state index contributed by atoms with van der Waals surface area (Å²) in [4.78, 5) is 12.7. The van der Waals surface area contributed by atoms with Crippen LogP contribution in [-0.4, -0.2) is 12.5 Å². The van der Waals surface area contributed by atoms with Crippen LogP contribution < -0.4 is 14.8 Å². The number of nitrogens with zero attached hydrogens (tertiary/aromatic N) is 1. The molecule has 0 aromatic heterocycles. The van der Waals surface area contributed by atoms with E-state index in [1.807, 2.05) is 49.4 Å². The molecular weight excluding hydrogens is 678 g/mol. The van der Waals surface area contributed by atoms with Crippen molar-refractivity contribution in [3.8, 4) is 17.6 Å². The van der Waals surface area contributed by atoms with E-state index in [-0.39, 0.29) is 5.57 Å². The van der Waals surface area contributed by atoms with Gasteiger partial charge in [-0.25, -0.2) is 0 Å². The molecule has 0 radical (unpaired) electrons. The van der Waals surface area contributed by atoms with Gasteiger partial charge in [0.2, 0.25) is 0 Å². The lowest BCUT2D eigenvalue weighted by atomic mass is 10.1. The van der Waals surface area contributed by atoms with E-state index in [2.05, 4.69) is 74.8 Å². The summed E-state index contributed by atoms with van der Waals surface area (Å²) >= 11 is 4.39. The second-order valence-electron chi connectivity index (χ2n) is 7.82. The summed E-state index contributed by atoms with van der Waals surface area (Å²) in [6, 6.07) is 27.4. The van der Waals surface area contributed by atoms with Crippen LogP contribution in [0.5, 0.6) is 11.5 Å². The van der Waals surface area contributed by atoms with Crippen molar-refractivity contribution in [1.82, 2.24) is 0 Å².